The number of benzene rings is 1. The minimum absolute atomic E-state index is 0.0799. The Morgan fingerprint density at radius 1 is 1.17 bits per heavy atom. The van der Waals surface area contributed by atoms with Crippen LogP contribution in [0, 0.1) is 6.92 Å². The van der Waals surface area contributed by atoms with Crippen LogP contribution in [0.4, 0.5) is 0 Å². The van der Waals surface area contributed by atoms with E-state index in [9.17, 15) is 9.59 Å². The normalized spacial score (nSPS) is 10.3. The number of hydrogen-bond donors (Lipinski definition) is 3. The van der Waals surface area contributed by atoms with Crippen LogP contribution >= 0.6 is 0 Å². The highest BCUT2D eigenvalue weighted by Gasteiger charge is 2.08. The summed E-state index contributed by atoms with van der Waals surface area (Å²) in [5.74, 6) is -0.0741. The molecule has 0 spiro atoms. The molecule has 2 rings (SSSR count). The molecule has 0 aliphatic carbocycles. The fourth-order valence-corrected chi connectivity index (χ4v) is 1.89. The highest BCUT2D eigenvalue weighted by atomic mass is 16.3. The molecule has 0 aliphatic heterocycles. The maximum Gasteiger partial charge on any atom is 0.239 e. The van der Waals surface area contributed by atoms with Gasteiger partial charge in [-0.3, -0.25) is 9.59 Å². The first kappa shape index (κ1) is 16.7. The van der Waals surface area contributed by atoms with E-state index in [4.69, 9.17) is 10.2 Å². The van der Waals surface area contributed by atoms with Crippen LogP contribution in [0.5, 0.6) is 0 Å². The zero-order chi connectivity index (χ0) is 16.7. The second-order valence-electron chi connectivity index (χ2n) is 5.09. The Bertz CT molecular complexity index is 664. The van der Waals surface area contributed by atoms with Crippen molar-refractivity contribution in [2.45, 2.75) is 13.3 Å². The zero-order valence-corrected chi connectivity index (χ0v) is 13.0. The van der Waals surface area contributed by atoms with E-state index < -0.39 is 0 Å². The Balaban J connectivity index is 1.78. The first-order chi connectivity index (χ1) is 11.1. The van der Waals surface area contributed by atoms with E-state index in [-0.39, 0.29) is 24.9 Å². The highest BCUT2D eigenvalue weighted by Crippen LogP contribution is 2.19. The van der Waals surface area contributed by atoms with E-state index in [2.05, 4.69) is 15.6 Å². The van der Waals surface area contributed by atoms with Gasteiger partial charge in [0.25, 0.3) is 0 Å². The van der Waals surface area contributed by atoms with Crippen molar-refractivity contribution in [2.24, 2.45) is 5.73 Å². The number of amides is 2. The van der Waals surface area contributed by atoms with Gasteiger partial charge >= 0.3 is 0 Å². The van der Waals surface area contributed by atoms with Crippen LogP contribution in [0.2, 0.25) is 0 Å². The molecule has 7 nitrogen and oxygen atoms in total. The average molecular weight is 316 g/mol. The number of aryl methyl sites for hydroxylation is 1. The van der Waals surface area contributed by atoms with Gasteiger partial charge in [-0.1, -0.05) is 17.7 Å². The Labute approximate surface area is 134 Å². The summed E-state index contributed by atoms with van der Waals surface area (Å²) in [6, 6.07) is 7.89. The lowest BCUT2D eigenvalue weighted by molar-refractivity contribution is -0.125. The quantitative estimate of drug-likeness (QED) is 0.684. The van der Waals surface area contributed by atoms with Gasteiger partial charge in [-0.05, 0) is 19.1 Å². The number of carbonyl (C=O) groups is 2. The Morgan fingerprint density at radius 3 is 2.61 bits per heavy atom. The van der Waals surface area contributed by atoms with E-state index >= 15 is 0 Å². The second kappa shape index (κ2) is 8.09. The summed E-state index contributed by atoms with van der Waals surface area (Å²) in [5.41, 5.74) is 7.97. The van der Waals surface area contributed by atoms with Crippen LogP contribution in [0.15, 0.2) is 34.9 Å². The Morgan fingerprint density at radius 2 is 1.91 bits per heavy atom. The van der Waals surface area contributed by atoms with E-state index in [1.165, 1.54) is 5.56 Å². The Kier molecular flexibility index (Phi) is 5.87. The summed E-state index contributed by atoms with van der Waals surface area (Å²) >= 11 is 0. The van der Waals surface area contributed by atoms with Gasteiger partial charge < -0.3 is 20.8 Å². The smallest absolute Gasteiger partial charge is 0.239 e. The fraction of sp³-hybridized carbons (Fsp3) is 0.312. The Hall–Kier alpha value is -2.67. The van der Waals surface area contributed by atoms with Crippen molar-refractivity contribution in [3.05, 3.63) is 41.8 Å². The van der Waals surface area contributed by atoms with Crippen LogP contribution < -0.4 is 16.4 Å². The van der Waals surface area contributed by atoms with Gasteiger partial charge in [-0.2, -0.15) is 0 Å². The monoisotopic (exact) mass is 316 g/mol. The van der Waals surface area contributed by atoms with Crippen LogP contribution in [-0.4, -0.2) is 36.4 Å². The van der Waals surface area contributed by atoms with Crippen LogP contribution in [0.3, 0.4) is 0 Å². The first-order valence-electron chi connectivity index (χ1n) is 7.33. The number of hydrogen-bond acceptors (Lipinski definition) is 5. The van der Waals surface area contributed by atoms with Crippen molar-refractivity contribution in [3.8, 4) is 11.5 Å². The molecule has 0 bridgehead atoms. The maximum atomic E-state index is 11.5. The third kappa shape index (κ3) is 5.23. The van der Waals surface area contributed by atoms with Gasteiger partial charge in [0.2, 0.25) is 17.7 Å². The summed E-state index contributed by atoms with van der Waals surface area (Å²) in [7, 11) is 0. The molecule has 23 heavy (non-hydrogen) atoms. The third-order valence-electron chi connectivity index (χ3n) is 3.19. The van der Waals surface area contributed by atoms with E-state index in [0.29, 0.717) is 18.9 Å². The summed E-state index contributed by atoms with van der Waals surface area (Å²) in [4.78, 5) is 26.8. The molecule has 0 saturated carbocycles. The van der Waals surface area contributed by atoms with E-state index in [0.717, 1.165) is 11.3 Å². The number of oxazole rings is 1. The summed E-state index contributed by atoms with van der Waals surface area (Å²) in [5, 5.41) is 5.09. The molecular weight excluding hydrogens is 296 g/mol. The summed E-state index contributed by atoms with van der Waals surface area (Å²) in [6.45, 7) is 2.22. The van der Waals surface area contributed by atoms with E-state index in [1.807, 2.05) is 31.2 Å². The van der Waals surface area contributed by atoms with Crippen molar-refractivity contribution in [1.29, 1.82) is 0 Å². The molecule has 1 heterocycles. The largest absolute Gasteiger partial charge is 0.444 e. The number of rotatable bonds is 7. The van der Waals surface area contributed by atoms with Gasteiger partial charge in [0.1, 0.15) is 6.26 Å². The molecule has 1 aromatic heterocycles. The van der Waals surface area contributed by atoms with Gasteiger partial charge in [0, 0.05) is 18.5 Å². The average Bonchev–Trinajstić information content (AvgIpc) is 3.02. The van der Waals surface area contributed by atoms with Gasteiger partial charge in [0.05, 0.1) is 18.8 Å². The van der Waals surface area contributed by atoms with Gasteiger partial charge in [0.15, 0.2) is 0 Å². The van der Waals surface area contributed by atoms with Crippen molar-refractivity contribution in [3.63, 3.8) is 0 Å². The van der Waals surface area contributed by atoms with Crippen molar-refractivity contribution >= 4 is 11.8 Å². The molecule has 0 radical (unpaired) electrons. The van der Waals surface area contributed by atoms with Crippen molar-refractivity contribution < 1.29 is 14.0 Å². The number of nitrogens with one attached hydrogen (secondary N) is 2. The van der Waals surface area contributed by atoms with Gasteiger partial charge in [-0.15, -0.1) is 0 Å². The lowest BCUT2D eigenvalue weighted by Crippen LogP contribution is -2.40. The molecule has 0 atom stereocenters. The molecule has 0 unspecified atom stereocenters. The molecule has 0 fully saturated rings. The predicted molar refractivity (Wildman–Crippen MR) is 85.5 cm³/mol. The predicted octanol–water partition coefficient (Wildman–Crippen LogP) is 0.384. The minimum Gasteiger partial charge on any atom is -0.444 e. The van der Waals surface area contributed by atoms with Crippen LogP contribution in [0.1, 0.15) is 11.3 Å². The molecule has 2 aromatic rings. The second-order valence-corrected chi connectivity index (χ2v) is 5.09. The summed E-state index contributed by atoms with van der Waals surface area (Å²) < 4.78 is 5.45. The van der Waals surface area contributed by atoms with Crippen molar-refractivity contribution in [2.75, 3.05) is 19.6 Å². The molecule has 2 amide bonds. The lowest BCUT2D eigenvalue weighted by Gasteiger charge is -2.04. The number of aromatic nitrogens is 1. The first-order valence-corrected chi connectivity index (χ1v) is 7.33. The van der Waals surface area contributed by atoms with Gasteiger partial charge in [-0.25, -0.2) is 4.98 Å². The zero-order valence-electron chi connectivity index (χ0n) is 13.0. The third-order valence-corrected chi connectivity index (χ3v) is 3.19. The SMILES string of the molecule is Cc1ccc(-c2nc(CCNC(=O)CNC(=O)CN)co2)cc1. The number of nitrogens with zero attached hydrogens (tertiary/aromatic N) is 1. The molecule has 7 heteroatoms. The van der Waals surface area contributed by atoms with Crippen molar-refractivity contribution in [1.82, 2.24) is 15.6 Å². The number of carbonyl (C=O) groups excluding carboxylic acids is 2. The van der Waals surface area contributed by atoms with Crippen LogP contribution in [0.25, 0.3) is 11.5 Å². The molecule has 1 aromatic carbocycles. The lowest BCUT2D eigenvalue weighted by atomic mass is 10.1. The standard InChI is InChI=1S/C16H20N4O3/c1-11-2-4-12(5-3-11)16-20-13(10-23-16)6-7-18-15(22)9-19-14(21)8-17/h2-5,10H,6-9,17H2,1H3,(H,18,22)(H,19,21). The number of nitrogens with two attached hydrogens (primary N) is 1. The molecule has 0 saturated heterocycles. The summed E-state index contributed by atoms with van der Waals surface area (Å²) in [6.07, 6.45) is 2.13. The highest BCUT2D eigenvalue weighted by molar-refractivity contribution is 5.85. The molecule has 122 valence electrons. The molecule has 4 N–H and O–H groups in total. The maximum absolute atomic E-state index is 11.5. The molecular formula is C16H20N4O3. The minimum atomic E-state index is -0.362. The molecule has 0 aliphatic rings. The van der Waals surface area contributed by atoms with E-state index in [1.54, 1.807) is 6.26 Å². The fourth-order valence-electron chi connectivity index (χ4n) is 1.89. The topological polar surface area (TPSA) is 110 Å². The van der Waals surface area contributed by atoms with Crippen LogP contribution in [-0.2, 0) is 16.0 Å².